The molecule has 10 heteroatoms. The molecule has 1 aromatic heterocycles. The fourth-order valence-corrected chi connectivity index (χ4v) is 2.89. The molecule has 0 fully saturated rings. The van der Waals surface area contributed by atoms with Crippen molar-refractivity contribution in [2.75, 3.05) is 0 Å². The molecule has 0 saturated heterocycles. The number of carbonyl (C=O) groups is 1. The Hall–Kier alpha value is -3.82. The van der Waals surface area contributed by atoms with E-state index in [0.717, 1.165) is 16.8 Å². The Morgan fingerprint density at radius 2 is 1.87 bits per heavy atom. The van der Waals surface area contributed by atoms with Gasteiger partial charge in [-0.25, -0.2) is 10.1 Å². The van der Waals surface area contributed by atoms with Gasteiger partial charge in [0.15, 0.2) is 0 Å². The first kappa shape index (κ1) is 20.9. The van der Waals surface area contributed by atoms with Crippen LogP contribution >= 0.6 is 0 Å². The average Bonchev–Trinajstić information content (AvgIpc) is 3.00. The van der Waals surface area contributed by atoms with Gasteiger partial charge in [0.25, 0.3) is 11.5 Å². The Morgan fingerprint density at radius 3 is 2.53 bits per heavy atom. The number of H-pyrrole nitrogens is 1. The molecule has 1 heterocycles. The van der Waals surface area contributed by atoms with Crippen LogP contribution in [0.4, 0.5) is 13.2 Å². The molecule has 1 amide bonds. The topological polar surface area (TPSA) is 99.5 Å². The minimum absolute atomic E-state index is 0.00113. The van der Waals surface area contributed by atoms with E-state index in [0.29, 0.717) is 5.69 Å². The molecule has 3 rings (SSSR count). The van der Waals surface area contributed by atoms with Crippen molar-refractivity contribution >= 4 is 11.6 Å². The second-order valence-corrected chi connectivity index (χ2v) is 6.46. The molecule has 0 aliphatic rings. The van der Waals surface area contributed by atoms with E-state index in [9.17, 15) is 27.9 Å². The lowest BCUT2D eigenvalue weighted by atomic mass is 10.1. The number of halogens is 3. The van der Waals surface area contributed by atoms with Crippen molar-refractivity contribution in [1.29, 1.82) is 0 Å². The van der Waals surface area contributed by atoms with Gasteiger partial charge in [0.1, 0.15) is 5.75 Å². The molecule has 30 heavy (non-hydrogen) atoms. The molecule has 2 aromatic carbocycles. The Balaban J connectivity index is 1.92. The SMILES string of the molecule is C/C(=N/NC(=O)c1ccccc1O)c1c(C)[nH]n(-c2cccc(C(F)(F)F)c2)c1=O. The third kappa shape index (κ3) is 4.12. The molecule has 0 atom stereocenters. The van der Waals surface area contributed by atoms with E-state index in [1.807, 2.05) is 0 Å². The van der Waals surface area contributed by atoms with E-state index in [4.69, 9.17) is 0 Å². The van der Waals surface area contributed by atoms with Crippen molar-refractivity contribution in [3.05, 3.63) is 81.3 Å². The minimum Gasteiger partial charge on any atom is -0.507 e. The highest BCUT2D eigenvalue weighted by atomic mass is 19.4. The summed E-state index contributed by atoms with van der Waals surface area (Å²) in [4.78, 5) is 24.9. The summed E-state index contributed by atoms with van der Waals surface area (Å²) in [5.74, 6) is -0.911. The van der Waals surface area contributed by atoms with Gasteiger partial charge >= 0.3 is 6.18 Å². The van der Waals surface area contributed by atoms with Gasteiger partial charge in [-0.3, -0.25) is 14.7 Å². The first-order chi connectivity index (χ1) is 14.1. The number of nitrogens with zero attached hydrogens (tertiary/aromatic N) is 2. The highest BCUT2D eigenvalue weighted by molar-refractivity contribution is 6.02. The number of alkyl halides is 3. The summed E-state index contributed by atoms with van der Waals surface area (Å²) in [5, 5.41) is 16.3. The summed E-state index contributed by atoms with van der Waals surface area (Å²) in [6.45, 7) is 3.03. The Bertz CT molecular complexity index is 1190. The number of para-hydroxylation sites is 1. The molecule has 3 aromatic rings. The van der Waals surface area contributed by atoms with Gasteiger partial charge in [-0.1, -0.05) is 18.2 Å². The lowest BCUT2D eigenvalue weighted by Gasteiger charge is -2.08. The van der Waals surface area contributed by atoms with E-state index in [1.54, 1.807) is 19.1 Å². The number of nitrogens with one attached hydrogen (secondary N) is 2. The Morgan fingerprint density at radius 1 is 1.17 bits per heavy atom. The maximum atomic E-state index is 13.0. The van der Waals surface area contributed by atoms with Gasteiger partial charge in [0, 0.05) is 5.69 Å². The number of phenolic OH excluding ortho intramolecular Hbond substituents is 1. The molecule has 0 spiro atoms. The highest BCUT2D eigenvalue weighted by Gasteiger charge is 2.30. The van der Waals surface area contributed by atoms with Gasteiger partial charge in [0.05, 0.1) is 28.1 Å². The normalized spacial score (nSPS) is 12.1. The number of hydrazone groups is 1. The number of aromatic hydroxyl groups is 1. The van der Waals surface area contributed by atoms with Crippen molar-refractivity contribution in [2.24, 2.45) is 5.10 Å². The zero-order valence-corrected chi connectivity index (χ0v) is 15.9. The number of hydrogen-bond donors (Lipinski definition) is 3. The second kappa shape index (κ2) is 7.90. The van der Waals surface area contributed by atoms with Crippen LogP contribution in [0, 0.1) is 6.92 Å². The van der Waals surface area contributed by atoms with E-state index >= 15 is 0 Å². The summed E-state index contributed by atoms with van der Waals surface area (Å²) < 4.78 is 39.9. The highest BCUT2D eigenvalue weighted by Crippen LogP contribution is 2.30. The summed E-state index contributed by atoms with van der Waals surface area (Å²) in [6, 6.07) is 10.2. The van der Waals surface area contributed by atoms with E-state index in [1.165, 1.54) is 31.2 Å². The third-order valence-electron chi connectivity index (χ3n) is 4.34. The molecule has 0 aliphatic carbocycles. The fraction of sp³-hybridized carbons (Fsp3) is 0.150. The Labute approximate surface area is 168 Å². The number of benzene rings is 2. The standard InChI is InChI=1S/C20H17F3N4O3/c1-11(24-25-18(29)15-8-3-4-9-16(15)28)17-12(2)26-27(19(17)30)14-7-5-6-13(10-14)20(21,22)23/h3-10,26,28H,1-2H3,(H,25,29)/b24-11-. The van der Waals surface area contributed by atoms with Crippen molar-refractivity contribution in [2.45, 2.75) is 20.0 Å². The quantitative estimate of drug-likeness (QED) is 0.448. The zero-order valence-electron chi connectivity index (χ0n) is 15.9. The first-order valence-corrected chi connectivity index (χ1v) is 8.72. The molecule has 0 radical (unpaired) electrons. The summed E-state index contributed by atoms with van der Waals surface area (Å²) in [5.41, 5.74) is 1.35. The maximum absolute atomic E-state index is 13.0. The van der Waals surface area contributed by atoms with Crippen molar-refractivity contribution in [1.82, 2.24) is 15.2 Å². The third-order valence-corrected chi connectivity index (χ3v) is 4.34. The second-order valence-electron chi connectivity index (χ2n) is 6.46. The number of aromatic amines is 1. The van der Waals surface area contributed by atoms with Gasteiger partial charge in [0.2, 0.25) is 0 Å². The number of amides is 1. The summed E-state index contributed by atoms with van der Waals surface area (Å²) in [7, 11) is 0. The van der Waals surface area contributed by atoms with Crippen molar-refractivity contribution in [3.63, 3.8) is 0 Å². The maximum Gasteiger partial charge on any atom is 0.416 e. The molecule has 156 valence electrons. The van der Waals surface area contributed by atoms with Gasteiger partial charge in [-0.05, 0) is 44.2 Å². The fourth-order valence-electron chi connectivity index (χ4n) is 2.89. The van der Waals surface area contributed by atoms with Crippen LogP contribution < -0.4 is 11.0 Å². The molecule has 7 nitrogen and oxygen atoms in total. The molecular weight excluding hydrogens is 401 g/mol. The molecule has 0 saturated carbocycles. The van der Waals surface area contributed by atoms with Crippen LogP contribution in [0.3, 0.4) is 0 Å². The molecule has 0 unspecified atom stereocenters. The smallest absolute Gasteiger partial charge is 0.416 e. The molecule has 0 bridgehead atoms. The first-order valence-electron chi connectivity index (χ1n) is 8.72. The van der Waals surface area contributed by atoms with E-state index in [2.05, 4.69) is 15.6 Å². The van der Waals surface area contributed by atoms with Crippen LogP contribution in [-0.4, -0.2) is 26.5 Å². The Kier molecular flexibility index (Phi) is 5.50. The van der Waals surface area contributed by atoms with Crippen molar-refractivity contribution in [3.8, 4) is 11.4 Å². The van der Waals surface area contributed by atoms with Gasteiger partial charge in [-0.15, -0.1) is 0 Å². The number of carbonyl (C=O) groups excluding carboxylic acids is 1. The monoisotopic (exact) mass is 418 g/mol. The lowest BCUT2D eigenvalue weighted by molar-refractivity contribution is -0.137. The van der Waals surface area contributed by atoms with Crippen LogP contribution in [0.1, 0.15) is 34.1 Å². The molecular formula is C20H17F3N4O3. The van der Waals surface area contributed by atoms with Crippen LogP contribution in [0.25, 0.3) is 5.69 Å². The summed E-state index contributed by atoms with van der Waals surface area (Å²) >= 11 is 0. The van der Waals surface area contributed by atoms with E-state index in [-0.39, 0.29) is 28.3 Å². The van der Waals surface area contributed by atoms with Crippen LogP contribution in [0.2, 0.25) is 0 Å². The number of hydrogen-bond acceptors (Lipinski definition) is 4. The minimum atomic E-state index is -4.55. The number of rotatable bonds is 4. The largest absolute Gasteiger partial charge is 0.507 e. The molecule has 3 N–H and O–H groups in total. The van der Waals surface area contributed by atoms with E-state index < -0.39 is 23.2 Å². The van der Waals surface area contributed by atoms with Gasteiger partial charge in [-0.2, -0.15) is 18.3 Å². The zero-order chi connectivity index (χ0) is 22.1. The lowest BCUT2D eigenvalue weighted by Crippen LogP contribution is -2.23. The van der Waals surface area contributed by atoms with Crippen LogP contribution in [0.15, 0.2) is 58.4 Å². The van der Waals surface area contributed by atoms with Crippen LogP contribution in [-0.2, 0) is 6.18 Å². The predicted molar refractivity (Wildman–Crippen MR) is 104 cm³/mol. The van der Waals surface area contributed by atoms with Crippen molar-refractivity contribution < 1.29 is 23.1 Å². The van der Waals surface area contributed by atoms with Crippen LogP contribution in [0.5, 0.6) is 5.75 Å². The summed E-state index contributed by atoms with van der Waals surface area (Å²) in [6.07, 6.45) is -4.55. The number of aromatic nitrogens is 2. The molecule has 0 aliphatic heterocycles. The van der Waals surface area contributed by atoms with Gasteiger partial charge < -0.3 is 5.11 Å². The number of phenols is 1. The average molecular weight is 418 g/mol. The predicted octanol–water partition coefficient (Wildman–Crippen LogP) is 3.35. The number of aryl methyl sites for hydroxylation is 1.